The molecule has 17 heavy (non-hydrogen) atoms. The molecule has 102 valence electrons. The van der Waals surface area contributed by atoms with Crippen molar-refractivity contribution in [3.8, 4) is 0 Å². The van der Waals surface area contributed by atoms with Crippen molar-refractivity contribution in [1.29, 1.82) is 0 Å². The number of hydrogen-bond acceptors (Lipinski definition) is 0. The summed E-state index contributed by atoms with van der Waals surface area (Å²) in [6, 6.07) is 7.03. The molecule has 0 bridgehead atoms. The summed E-state index contributed by atoms with van der Waals surface area (Å²) in [5, 5.41) is 0. The third-order valence-electron chi connectivity index (χ3n) is 2.47. The summed E-state index contributed by atoms with van der Waals surface area (Å²) in [4.78, 5) is 0. The van der Waals surface area contributed by atoms with Crippen molar-refractivity contribution in [2.45, 2.75) is 75.2 Å². The summed E-state index contributed by atoms with van der Waals surface area (Å²) < 4.78 is 0. The van der Waals surface area contributed by atoms with E-state index in [-0.39, 0.29) is 14.9 Å². The second kappa shape index (κ2) is 13.3. The molecule has 0 nitrogen and oxygen atoms in total. The van der Waals surface area contributed by atoms with Crippen LogP contribution in [0.4, 0.5) is 0 Å². The summed E-state index contributed by atoms with van der Waals surface area (Å²) in [6.07, 6.45) is 4.78. The quantitative estimate of drug-likeness (QED) is 0.598. The van der Waals surface area contributed by atoms with Crippen LogP contribution in [-0.2, 0) is 19.3 Å². The van der Waals surface area contributed by atoms with Crippen molar-refractivity contribution >= 4 is 0 Å². The van der Waals surface area contributed by atoms with Gasteiger partial charge in [-0.2, -0.15) is 0 Å². The summed E-state index contributed by atoms with van der Waals surface area (Å²) in [5.41, 5.74) is 4.49. The fourth-order valence-corrected chi connectivity index (χ4v) is 1.68. The standard InChI is InChI=1S/C13H20.C2H6.2CH4/c1-4-7-13-9-11(5-2)8-12(6-3)10-13;1-2;;/h8-10H,4-7H2,1-3H3;1-2H3;2*1H4. The molecule has 1 aromatic rings. The normalized spacial score (nSPS) is 8.29. The van der Waals surface area contributed by atoms with Crippen LogP contribution in [0.15, 0.2) is 18.2 Å². The molecule has 0 saturated heterocycles. The lowest BCUT2D eigenvalue weighted by atomic mass is 10.00. The fourth-order valence-electron chi connectivity index (χ4n) is 1.68. The first-order valence-corrected chi connectivity index (χ1v) is 6.41. The van der Waals surface area contributed by atoms with E-state index in [1.165, 1.54) is 29.5 Å². The van der Waals surface area contributed by atoms with E-state index in [0.717, 1.165) is 12.8 Å². The van der Waals surface area contributed by atoms with Crippen LogP contribution >= 0.6 is 0 Å². The molecule has 0 amide bonds. The minimum Gasteiger partial charge on any atom is -0.0776 e. The summed E-state index contributed by atoms with van der Waals surface area (Å²) in [7, 11) is 0. The number of rotatable bonds is 4. The Kier molecular flexibility index (Phi) is 16.8. The first kappa shape index (κ1) is 21.5. The SMILES string of the molecule is C.C.CC.CCCc1cc(CC)cc(CC)c1. The van der Waals surface area contributed by atoms with Crippen LogP contribution in [-0.4, -0.2) is 0 Å². The highest BCUT2D eigenvalue weighted by Crippen LogP contribution is 2.13. The number of aryl methyl sites for hydroxylation is 3. The van der Waals surface area contributed by atoms with E-state index in [0.29, 0.717) is 0 Å². The van der Waals surface area contributed by atoms with Crippen LogP contribution in [0.1, 0.15) is 72.6 Å². The monoisotopic (exact) mass is 238 g/mol. The zero-order valence-corrected chi connectivity index (χ0v) is 11.1. The van der Waals surface area contributed by atoms with Gasteiger partial charge in [-0.05, 0) is 36.0 Å². The smallest absolute Gasteiger partial charge is 0.0281 e. The molecule has 1 rings (SSSR count). The molecule has 0 unspecified atom stereocenters. The molecule has 0 fully saturated rings. The minimum absolute atomic E-state index is 0. The van der Waals surface area contributed by atoms with Gasteiger partial charge in [-0.25, -0.2) is 0 Å². The van der Waals surface area contributed by atoms with Gasteiger partial charge in [0.25, 0.3) is 0 Å². The average molecular weight is 238 g/mol. The molecule has 0 aromatic heterocycles. The summed E-state index contributed by atoms with van der Waals surface area (Å²) in [5.74, 6) is 0. The van der Waals surface area contributed by atoms with Crippen LogP contribution in [0.25, 0.3) is 0 Å². The second-order valence-electron chi connectivity index (χ2n) is 3.61. The van der Waals surface area contributed by atoms with E-state index in [2.05, 4.69) is 39.0 Å². The molecule has 0 atom stereocenters. The van der Waals surface area contributed by atoms with Crippen molar-refractivity contribution in [2.75, 3.05) is 0 Å². The predicted octanol–water partition coefficient (Wildman–Crippen LogP) is 6.06. The van der Waals surface area contributed by atoms with Crippen molar-refractivity contribution in [3.63, 3.8) is 0 Å². The molecule has 0 aliphatic rings. The summed E-state index contributed by atoms with van der Waals surface area (Å²) in [6.45, 7) is 10.7. The van der Waals surface area contributed by atoms with Crippen LogP contribution in [0.2, 0.25) is 0 Å². The van der Waals surface area contributed by atoms with Crippen LogP contribution < -0.4 is 0 Å². The van der Waals surface area contributed by atoms with Gasteiger partial charge in [0.2, 0.25) is 0 Å². The molecule has 0 heterocycles. The lowest BCUT2D eigenvalue weighted by Crippen LogP contribution is -1.91. The van der Waals surface area contributed by atoms with Gasteiger partial charge in [0.05, 0.1) is 0 Å². The van der Waals surface area contributed by atoms with Gasteiger partial charge < -0.3 is 0 Å². The van der Waals surface area contributed by atoms with Gasteiger partial charge in [0.1, 0.15) is 0 Å². The van der Waals surface area contributed by atoms with E-state index in [1.807, 2.05) is 13.8 Å². The molecular weight excluding hydrogens is 204 g/mol. The third-order valence-corrected chi connectivity index (χ3v) is 2.47. The fraction of sp³-hybridized carbons (Fsp3) is 0.647. The maximum Gasteiger partial charge on any atom is -0.0281 e. The van der Waals surface area contributed by atoms with Crippen LogP contribution in [0.5, 0.6) is 0 Å². The van der Waals surface area contributed by atoms with Crippen LogP contribution in [0, 0.1) is 0 Å². The minimum atomic E-state index is 0. The topological polar surface area (TPSA) is 0 Å². The van der Waals surface area contributed by atoms with Gasteiger partial charge in [0.15, 0.2) is 0 Å². The zero-order valence-electron chi connectivity index (χ0n) is 11.1. The molecule has 0 heteroatoms. The number of hydrogen-bond donors (Lipinski definition) is 0. The lowest BCUT2D eigenvalue weighted by molar-refractivity contribution is 0.911. The van der Waals surface area contributed by atoms with E-state index in [1.54, 1.807) is 0 Å². The Hall–Kier alpha value is -0.780. The molecule has 0 saturated carbocycles. The van der Waals surface area contributed by atoms with Gasteiger partial charge in [-0.1, -0.05) is 74.1 Å². The van der Waals surface area contributed by atoms with Gasteiger partial charge in [-0.3, -0.25) is 0 Å². The van der Waals surface area contributed by atoms with Crippen molar-refractivity contribution < 1.29 is 0 Å². The Morgan fingerprint density at radius 1 is 0.706 bits per heavy atom. The van der Waals surface area contributed by atoms with E-state index < -0.39 is 0 Å². The third kappa shape index (κ3) is 8.01. The highest BCUT2D eigenvalue weighted by molar-refractivity contribution is 5.30. The average Bonchev–Trinajstić information content (AvgIpc) is 2.31. The molecule has 1 aromatic carbocycles. The maximum absolute atomic E-state index is 2.35. The van der Waals surface area contributed by atoms with Crippen LogP contribution in [0.3, 0.4) is 0 Å². The highest BCUT2D eigenvalue weighted by atomic mass is 14.0. The molecule has 0 N–H and O–H groups in total. The largest absolute Gasteiger partial charge is 0.0776 e. The molecule has 0 aliphatic heterocycles. The van der Waals surface area contributed by atoms with Crippen molar-refractivity contribution in [2.24, 2.45) is 0 Å². The van der Waals surface area contributed by atoms with Gasteiger partial charge >= 0.3 is 0 Å². The molecular formula is C17H34. The Balaban J connectivity index is -0.000000464. The first-order valence-electron chi connectivity index (χ1n) is 6.41. The molecule has 0 radical (unpaired) electrons. The first-order chi connectivity index (χ1) is 7.30. The highest BCUT2D eigenvalue weighted by Gasteiger charge is 1.97. The zero-order chi connectivity index (χ0) is 11.7. The van der Waals surface area contributed by atoms with Gasteiger partial charge in [0, 0.05) is 0 Å². The van der Waals surface area contributed by atoms with Crippen molar-refractivity contribution in [1.82, 2.24) is 0 Å². The molecule has 0 aliphatic carbocycles. The Bertz CT molecular complexity index is 238. The van der Waals surface area contributed by atoms with E-state index in [4.69, 9.17) is 0 Å². The second-order valence-corrected chi connectivity index (χ2v) is 3.61. The predicted molar refractivity (Wildman–Crippen MR) is 84.0 cm³/mol. The lowest BCUT2D eigenvalue weighted by Gasteiger charge is -2.06. The Morgan fingerprint density at radius 2 is 1.06 bits per heavy atom. The molecule has 0 spiro atoms. The Labute approximate surface area is 110 Å². The summed E-state index contributed by atoms with van der Waals surface area (Å²) >= 11 is 0. The number of benzene rings is 1. The van der Waals surface area contributed by atoms with Gasteiger partial charge in [-0.15, -0.1) is 0 Å². The Morgan fingerprint density at radius 3 is 1.35 bits per heavy atom. The van der Waals surface area contributed by atoms with E-state index in [9.17, 15) is 0 Å². The van der Waals surface area contributed by atoms with E-state index >= 15 is 0 Å². The van der Waals surface area contributed by atoms with Crippen molar-refractivity contribution in [3.05, 3.63) is 34.9 Å². The maximum atomic E-state index is 2.35.